The third-order valence-corrected chi connectivity index (χ3v) is 6.58. The van der Waals surface area contributed by atoms with Gasteiger partial charge in [0.15, 0.2) is 0 Å². The molecule has 212 valence electrons. The summed E-state index contributed by atoms with van der Waals surface area (Å²) in [6.07, 6.45) is -4.45. The van der Waals surface area contributed by atoms with E-state index in [2.05, 4.69) is 20.6 Å². The van der Waals surface area contributed by atoms with E-state index >= 15 is 0 Å². The lowest BCUT2D eigenvalue weighted by molar-refractivity contribution is -0.137. The van der Waals surface area contributed by atoms with Gasteiger partial charge in [0, 0.05) is 35.3 Å². The topological polar surface area (TPSA) is 87.2 Å². The summed E-state index contributed by atoms with van der Waals surface area (Å²) in [6, 6.07) is 27.7. The molecule has 0 aliphatic rings. The molecule has 0 spiro atoms. The summed E-state index contributed by atoms with van der Waals surface area (Å²) in [5, 5.41) is 6.02. The Kier molecular flexibility index (Phi) is 8.14. The molecule has 5 rings (SSSR count). The van der Waals surface area contributed by atoms with Crippen LogP contribution in [0.2, 0.25) is 0 Å². The van der Waals surface area contributed by atoms with Gasteiger partial charge in [-0.15, -0.1) is 0 Å². The van der Waals surface area contributed by atoms with Gasteiger partial charge in [-0.25, -0.2) is 4.98 Å². The maximum Gasteiger partial charge on any atom is 0.416 e. The molecule has 0 saturated carbocycles. The fraction of sp³-hybridized carbons (Fsp3) is 0.125. The molecule has 0 saturated heterocycles. The summed E-state index contributed by atoms with van der Waals surface area (Å²) in [6.45, 7) is 2.61. The SMILES string of the molecule is CCN(Cc1ccc2nc(NC(=O)c3ccccc3)nc(NC(=O)c3ccccc3)c2c1)c1cccc(C(F)(F)F)c1. The molecule has 0 bridgehead atoms. The Morgan fingerprint density at radius 3 is 2.02 bits per heavy atom. The molecule has 0 fully saturated rings. The van der Waals surface area contributed by atoms with Gasteiger partial charge >= 0.3 is 6.18 Å². The third kappa shape index (κ3) is 6.55. The lowest BCUT2D eigenvalue weighted by atomic mass is 10.1. The van der Waals surface area contributed by atoms with E-state index < -0.39 is 23.6 Å². The second kappa shape index (κ2) is 12.1. The van der Waals surface area contributed by atoms with Gasteiger partial charge in [0.1, 0.15) is 5.82 Å². The number of rotatable bonds is 8. The Morgan fingerprint density at radius 2 is 1.40 bits per heavy atom. The molecular formula is C32H26F3N5O2. The molecule has 5 aromatic rings. The fourth-order valence-corrected chi connectivity index (χ4v) is 4.44. The predicted octanol–water partition coefficient (Wildman–Crippen LogP) is 7.18. The Labute approximate surface area is 240 Å². The summed E-state index contributed by atoms with van der Waals surface area (Å²) in [4.78, 5) is 36.6. The first-order valence-electron chi connectivity index (χ1n) is 13.2. The van der Waals surface area contributed by atoms with Crippen LogP contribution in [0.15, 0.2) is 103 Å². The van der Waals surface area contributed by atoms with Crippen LogP contribution in [0.5, 0.6) is 0 Å². The van der Waals surface area contributed by atoms with E-state index in [1.807, 2.05) is 11.8 Å². The molecule has 7 nitrogen and oxygen atoms in total. The number of alkyl halides is 3. The largest absolute Gasteiger partial charge is 0.416 e. The Bertz CT molecular complexity index is 1730. The predicted molar refractivity (Wildman–Crippen MR) is 156 cm³/mol. The van der Waals surface area contributed by atoms with Crippen LogP contribution in [0.3, 0.4) is 0 Å². The van der Waals surface area contributed by atoms with Crippen LogP contribution < -0.4 is 15.5 Å². The maximum atomic E-state index is 13.3. The summed E-state index contributed by atoms with van der Waals surface area (Å²) in [5.41, 5.74) is 1.77. The van der Waals surface area contributed by atoms with Crippen LogP contribution in [0.1, 0.15) is 38.8 Å². The Hall–Kier alpha value is -5.25. The van der Waals surface area contributed by atoms with Gasteiger partial charge in [0.2, 0.25) is 5.95 Å². The average Bonchev–Trinajstić information content (AvgIpc) is 3.00. The van der Waals surface area contributed by atoms with Crippen molar-refractivity contribution >= 4 is 40.2 Å². The first-order valence-corrected chi connectivity index (χ1v) is 13.2. The maximum absolute atomic E-state index is 13.3. The van der Waals surface area contributed by atoms with Gasteiger partial charge < -0.3 is 10.2 Å². The van der Waals surface area contributed by atoms with Gasteiger partial charge in [0.05, 0.1) is 11.1 Å². The smallest absolute Gasteiger partial charge is 0.367 e. The van der Waals surface area contributed by atoms with Crippen molar-refractivity contribution in [2.45, 2.75) is 19.6 Å². The number of halogens is 3. The summed E-state index contributed by atoms with van der Waals surface area (Å²) in [7, 11) is 0. The molecule has 4 aromatic carbocycles. The number of nitrogens with one attached hydrogen (secondary N) is 2. The van der Waals surface area contributed by atoms with Gasteiger partial charge in [-0.2, -0.15) is 18.2 Å². The van der Waals surface area contributed by atoms with Crippen molar-refractivity contribution in [2.75, 3.05) is 22.1 Å². The summed E-state index contributed by atoms with van der Waals surface area (Å²) < 4.78 is 40.0. The normalized spacial score (nSPS) is 11.2. The monoisotopic (exact) mass is 569 g/mol. The Balaban J connectivity index is 1.50. The van der Waals surface area contributed by atoms with Crippen LogP contribution in [0.25, 0.3) is 10.9 Å². The summed E-state index contributed by atoms with van der Waals surface area (Å²) >= 11 is 0. The van der Waals surface area contributed by atoms with Gasteiger partial charge in [0.25, 0.3) is 11.8 Å². The van der Waals surface area contributed by atoms with Crippen LogP contribution in [-0.2, 0) is 12.7 Å². The highest BCUT2D eigenvalue weighted by atomic mass is 19.4. The van der Waals surface area contributed by atoms with Crippen molar-refractivity contribution < 1.29 is 22.8 Å². The summed E-state index contributed by atoms with van der Waals surface area (Å²) in [5.74, 6) is -0.625. The standard InChI is InChI=1S/C32H26F3N5O2/c1-2-40(25-15-9-14-24(19-25)32(33,34)35)20-21-16-17-27-26(18-21)28(37-29(41)22-10-5-3-6-11-22)38-31(36-27)39-30(42)23-12-7-4-8-13-23/h3-19H,2,20H2,1H3,(H2,36,37,38,39,41,42). The lowest BCUT2D eigenvalue weighted by Gasteiger charge is -2.24. The number of aromatic nitrogens is 2. The molecule has 42 heavy (non-hydrogen) atoms. The molecule has 1 heterocycles. The van der Waals surface area contributed by atoms with E-state index in [0.717, 1.165) is 17.7 Å². The number of carbonyl (C=O) groups is 2. The average molecular weight is 570 g/mol. The molecule has 0 radical (unpaired) electrons. The first-order chi connectivity index (χ1) is 20.2. The number of hydrogen-bond donors (Lipinski definition) is 2. The van der Waals surface area contributed by atoms with Crippen molar-refractivity contribution in [1.29, 1.82) is 0 Å². The highest BCUT2D eigenvalue weighted by Crippen LogP contribution is 2.32. The zero-order chi connectivity index (χ0) is 29.7. The Morgan fingerprint density at radius 1 is 0.762 bits per heavy atom. The van der Waals surface area contributed by atoms with Crippen molar-refractivity contribution in [3.63, 3.8) is 0 Å². The van der Waals surface area contributed by atoms with E-state index in [1.54, 1.807) is 84.9 Å². The number of benzene rings is 4. The molecule has 0 aliphatic carbocycles. The highest BCUT2D eigenvalue weighted by Gasteiger charge is 2.30. The van der Waals surface area contributed by atoms with E-state index in [0.29, 0.717) is 40.8 Å². The van der Waals surface area contributed by atoms with Crippen LogP contribution in [0, 0.1) is 0 Å². The van der Waals surface area contributed by atoms with Crippen molar-refractivity contribution in [1.82, 2.24) is 9.97 Å². The molecule has 0 atom stereocenters. The van der Waals surface area contributed by atoms with Crippen molar-refractivity contribution in [3.05, 3.63) is 125 Å². The molecule has 0 unspecified atom stereocenters. The van der Waals surface area contributed by atoms with Gasteiger partial charge in [-0.05, 0) is 67.1 Å². The van der Waals surface area contributed by atoms with E-state index in [4.69, 9.17) is 0 Å². The number of fused-ring (bicyclic) bond motifs is 1. The molecule has 10 heteroatoms. The number of amides is 2. The van der Waals surface area contributed by atoms with Crippen LogP contribution in [-0.4, -0.2) is 28.3 Å². The van der Waals surface area contributed by atoms with Crippen molar-refractivity contribution in [2.24, 2.45) is 0 Å². The molecule has 1 aromatic heterocycles. The van der Waals surface area contributed by atoms with E-state index in [9.17, 15) is 22.8 Å². The van der Waals surface area contributed by atoms with E-state index in [-0.39, 0.29) is 11.8 Å². The zero-order valence-electron chi connectivity index (χ0n) is 22.5. The number of nitrogens with zero attached hydrogens (tertiary/aromatic N) is 3. The third-order valence-electron chi connectivity index (χ3n) is 6.58. The molecule has 2 amide bonds. The van der Waals surface area contributed by atoms with E-state index in [1.165, 1.54) is 6.07 Å². The fourth-order valence-electron chi connectivity index (χ4n) is 4.44. The lowest BCUT2D eigenvalue weighted by Crippen LogP contribution is -2.22. The molecular weight excluding hydrogens is 543 g/mol. The van der Waals surface area contributed by atoms with Gasteiger partial charge in [-0.3, -0.25) is 14.9 Å². The molecule has 2 N–H and O–H groups in total. The van der Waals surface area contributed by atoms with Crippen molar-refractivity contribution in [3.8, 4) is 0 Å². The second-order valence-corrected chi connectivity index (χ2v) is 9.45. The second-order valence-electron chi connectivity index (χ2n) is 9.45. The van der Waals surface area contributed by atoms with Gasteiger partial charge in [-0.1, -0.05) is 48.5 Å². The van der Waals surface area contributed by atoms with Crippen LogP contribution in [0.4, 0.5) is 30.6 Å². The molecule has 0 aliphatic heterocycles. The number of carbonyl (C=O) groups excluding carboxylic acids is 2. The minimum atomic E-state index is -4.45. The quantitative estimate of drug-likeness (QED) is 0.207. The number of anilines is 3. The minimum absolute atomic E-state index is 0.00613. The number of hydrogen-bond acceptors (Lipinski definition) is 5. The van der Waals surface area contributed by atoms with Crippen LogP contribution >= 0.6 is 0 Å². The zero-order valence-corrected chi connectivity index (χ0v) is 22.5. The first kappa shape index (κ1) is 28.3. The highest BCUT2D eigenvalue weighted by molar-refractivity contribution is 6.09. The minimum Gasteiger partial charge on any atom is -0.367 e.